The van der Waals surface area contributed by atoms with Gasteiger partial charge in [-0.15, -0.1) is 0 Å². The van der Waals surface area contributed by atoms with Gasteiger partial charge in [-0.2, -0.15) is 20.2 Å². The Labute approximate surface area is 120 Å². The van der Waals surface area contributed by atoms with Gasteiger partial charge in [0.25, 0.3) is 0 Å². The zero-order chi connectivity index (χ0) is 14.9. The van der Waals surface area contributed by atoms with Crippen molar-refractivity contribution in [2.24, 2.45) is 0 Å². The first-order valence-corrected chi connectivity index (χ1v) is 8.30. The minimum atomic E-state index is -4.72. The van der Waals surface area contributed by atoms with Gasteiger partial charge in [-0.25, -0.2) is 4.28 Å². The summed E-state index contributed by atoms with van der Waals surface area (Å²) in [5.41, 5.74) is 11.3. The molecule has 9 nitrogen and oxygen atoms in total. The van der Waals surface area contributed by atoms with Gasteiger partial charge in [0.1, 0.15) is 0 Å². The van der Waals surface area contributed by atoms with Crippen LogP contribution in [0.1, 0.15) is 6.92 Å². The summed E-state index contributed by atoms with van der Waals surface area (Å²) >= 11 is 1.85. The maximum atomic E-state index is 10.7. The molecule has 0 amide bonds. The van der Waals surface area contributed by atoms with Crippen LogP contribution in [0.5, 0.6) is 0 Å². The molecule has 0 radical (unpaired) electrons. The molecule has 0 saturated carbocycles. The van der Waals surface area contributed by atoms with Gasteiger partial charge in [-0.3, -0.25) is 4.55 Å². The number of anilines is 3. The molecule has 5 N–H and O–H groups in total. The van der Waals surface area contributed by atoms with E-state index in [0.717, 1.165) is 18.1 Å². The van der Waals surface area contributed by atoms with Crippen LogP contribution in [0.2, 0.25) is 0 Å². The summed E-state index contributed by atoms with van der Waals surface area (Å²) in [4.78, 5) is 6.10. The summed E-state index contributed by atoms with van der Waals surface area (Å²) in [5.74, 6) is 2.13. The van der Waals surface area contributed by atoms with Crippen molar-refractivity contribution in [3.05, 3.63) is 6.07 Å². The van der Waals surface area contributed by atoms with Crippen LogP contribution in [0.25, 0.3) is 0 Å². The molecule has 112 valence electrons. The molecule has 2 heterocycles. The van der Waals surface area contributed by atoms with Crippen LogP contribution < -0.4 is 25.4 Å². The Morgan fingerprint density at radius 1 is 1.60 bits per heavy atom. The van der Waals surface area contributed by atoms with E-state index in [1.165, 1.54) is 6.07 Å². The van der Waals surface area contributed by atoms with Gasteiger partial charge in [-0.05, 0) is 11.7 Å². The largest absolute Gasteiger partial charge is 0.474 e. The number of nitrogens with zero attached hydrogens (tertiary/aromatic N) is 3. The number of hydrogen-bond acceptors (Lipinski definition) is 8. The highest BCUT2D eigenvalue weighted by molar-refractivity contribution is 7.99. The number of nitrogen functional groups attached to an aromatic ring is 2. The van der Waals surface area contributed by atoms with E-state index in [0.29, 0.717) is 10.5 Å². The molecule has 0 bridgehead atoms. The van der Waals surface area contributed by atoms with Gasteiger partial charge >= 0.3 is 16.3 Å². The second-order valence-electron chi connectivity index (χ2n) is 4.31. The van der Waals surface area contributed by atoms with Crippen molar-refractivity contribution in [3.63, 3.8) is 0 Å². The number of aromatic nitrogens is 2. The Morgan fingerprint density at radius 3 is 2.85 bits per heavy atom. The van der Waals surface area contributed by atoms with Gasteiger partial charge in [-0.1, -0.05) is 4.98 Å². The molecule has 1 aliphatic heterocycles. The molecule has 1 fully saturated rings. The first-order valence-electron chi connectivity index (χ1n) is 5.78. The standard InChI is InChI=1S/C9H15N5O4S2/c1-6-5-19-3-2-13(6)8-4-7(10)14(9(11)12-8)18-20(15,16)17/h4,6H,2-3,5H2,1H3,(H4,10,11,12,15,16,17)/p+1. The van der Waals surface area contributed by atoms with E-state index in [1.807, 2.05) is 16.7 Å². The second kappa shape index (κ2) is 5.50. The predicted molar refractivity (Wildman–Crippen MR) is 75.5 cm³/mol. The van der Waals surface area contributed by atoms with E-state index in [9.17, 15) is 8.42 Å². The van der Waals surface area contributed by atoms with Crippen molar-refractivity contribution in [1.82, 2.24) is 4.98 Å². The van der Waals surface area contributed by atoms with E-state index in [-0.39, 0.29) is 17.8 Å². The molecule has 1 atom stereocenters. The predicted octanol–water partition coefficient (Wildman–Crippen LogP) is -1.29. The van der Waals surface area contributed by atoms with E-state index >= 15 is 0 Å². The monoisotopic (exact) mass is 322 g/mol. The van der Waals surface area contributed by atoms with Crippen molar-refractivity contribution in [1.29, 1.82) is 0 Å². The smallest absolute Gasteiger partial charge is 0.342 e. The second-order valence-corrected chi connectivity index (χ2v) is 6.47. The highest BCUT2D eigenvalue weighted by Crippen LogP contribution is 2.23. The van der Waals surface area contributed by atoms with Crippen LogP contribution >= 0.6 is 11.8 Å². The quantitative estimate of drug-likeness (QED) is 0.458. The third-order valence-electron chi connectivity index (χ3n) is 2.78. The number of hydrogen-bond donors (Lipinski definition) is 3. The van der Waals surface area contributed by atoms with Crippen molar-refractivity contribution >= 4 is 39.7 Å². The van der Waals surface area contributed by atoms with Gasteiger partial charge in [0.05, 0.1) is 6.07 Å². The van der Waals surface area contributed by atoms with Gasteiger partial charge in [0, 0.05) is 24.1 Å². The number of nitrogens with two attached hydrogens (primary N) is 2. The van der Waals surface area contributed by atoms with Crippen molar-refractivity contribution in [2.45, 2.75) is 13.0 Å². The molecule has 1 aromatic rings. The molecule has 2 rings (SSSR count). The van der Waals surface area contributed by atoms with Gasteiger partial charge < -0.3 is 16.4 Å². The lowest BCUT2D eigenvalue weighted by Crippen LogP contribution is -2.51. The fourth-order valence-corrected chi connectivity index (χ4v) is 3.27. The van der Waals surface area contributed by atoms with E-state index in [1.54, 1.807) is 0 Å². The summed E-state index contributed by atoms with van der Waals surface area (Å²) in [6.07, 6.45) is 0. The Kier molecular flexibility index (Phi) is 4.11. The molecule has 0 aliphatic carbocycles. The lowest BCUT2D eigenvalue weighted by molar-refractivity contribution is -0.835. The normalized spacial score (nSPS) is 19.9. The third kappa shape index (κ3) is 3.35. The summed E-state index contributed by atoms with van der Waals surface area (Å²) in [7, 11) is -4.72. The SMILES string of the molecule is CC1CSCCN1c1cc(N)[n+](OS(=O)(=O)O)c(N)n1. The summed E-state index contributed by atoms with van der Waals surface area (Å²) in [6.45, 7) is 2.84. The molecule has 0 aromatic carbocycles. The van der Waals surface area contributed by atoms with Crippen LogP contribution in [0, 0.1) is 0 Å². The number of thioether (sulfide) groups is 1. The summed E-state index contributed by atoms with van der Waals surface area (Å²) in [5, 5.41) is 0. The van der Waals surface area contributed by atoms with Crippen LogP contribution in [-0.4, -0.2) is 42.0 Å². The summed E-state index contributed by atoms with van der Waals surface area (Å²) in [6, 6.07) is 1.71. The average molecular weight is 322 g/mol. The lowest BCUT2D eigenvalue weighted by atomic mass is 10.3. The van der Waals surface area contributed by atoms with Crippen LogP contribution in [0.4, 0.5) is 17.6 Å². The maximum absolute atomic E-state index is 10.7. The molecule has 20 heavy (non-hydrogen) atoms. The molecule has 1 aromatic heterocycles. The molecular formula is C9H16N5O4S2+. The van der Waals surface area contributed by atoms with E-state index < -0.39 is 10.4 Å². The fraction of sp³-hybridized carbons (Fsp3) is 0.556. The Balaban J connectivity index is 2.34. The average Bonchev–Trinajstić information content (AvgIpc) is 2.33. The molecule has 1 saturated heterocycles. The Hall–Kier alpha value is -1.46. The minimum absolute atomic E-state index is 0.0736. The zero-order valence-electron chi connectivity index (χ0n) is 10.8. The lowest BCUT2D eigenvalue weighted by Gasteiger charge is -2.32. The van der Waals surface area contributed by atoms with Crippen molar-refractivity contribution in [3.8, 4) is 0 Å². The van der Waals surface area contributed by atoms with Crippen molar-refractivity contribution < 1.29 is 22.0 Å². The van der Waals surface area contributed by atoms with Crippen LogP contribution in [-0.2, 0) is 10.4 Å². The van der Waals surface area contributed by atoms with Crippen LogP contribution in [0.3, 0.4) is 0 Å². The highest BCUT2D eigenvalue weighted by atomic mass is 32.3. The fourth-order valence-electron chi connectivity index (χ4n) is 1.91. The highest BCUT2D eigenvalue weighted by Gasteiger charge is 2.26. The summed E-state index contributed by atoms with van der Waals surface area (Å²) < 4.78 is 34.9. The minimum Gasteiger partial charge on any atom is -0.342 e. The van der Waals surface area contributed by atoms with E-state index in [4.69, 9.17) is 16.0 Å². The molecule has 1 aliphatic rings. The zero-order valence-corrected chi connectivity index (χ0v) is 12.4. The van der Waals surface area contributed by atoms with Crippen LogP contribution in [0.15, 0.2) is 6.07 Å². The first kappa shape index (κ1) is 14.9. The molecular weight excluding hydrogens is 306 g/mol. The maximum Gasteiger partial charge on any atom is 0.474 e. The van der Waals surface area contributed by atoms with Gasteiger partial charge in [0.2, 0.25) is 5.82 Å². The van der Waals surface area contributed by atoms with E-state index in [2.05, 4.69) is 16.2 Å². The number of rotatable bonds is 3. The molecule has 11 heteroatoms. The third-order valence-corrected chi connectivity index (χ3v) is 4.31. The topological polar surface area (TPSA) is 136 Å². The molecule has 1 unspecified atom stereocenters. The molecule has 0 spiro atoms. The first-order chi connectivity index (χ1) is 9.28. The van der Waals surface area contributed by atoms with Crippen molar-refractivity contribution in [2.75, 3.05) is 34.4 Å². The van der Waals surface area contributed by atoms with Gasteiger partial charge in [0.15, 0.2) is 5.82 Å². The Bertz CT molecular complexity index is 585. The Morgan fingerprint density at radius 2 is 2.30 bits per heavy atom.